The zero-order valence-electron chi connectivity index (χ0n) is 16.9. The van der Waals surface area contributed by atoms with E-state index in [9.17, 15) is 18.0 Å². The summed E-state index contributed by atoms with van der Waals surface area (Å²) in [6.07, 6.45) is -0.143. The number of hydroxylamine groups is 1. The van der Waals surface area contributed by atoms with E-state index in [4.69, 9.17) is 19.4 Å². The molecule has 0 bridgehead atoms. The van der Waals surface area contributed by atoms with E-state index in [1.165, 1.54) is 41.8 Å². The summed E-state index contributed by atoms with van der Waals surface area (Å²) >= 11 is 0. The Balaban J connectivity index is 2.10. The number of hydrogen-bond donors (Lipinski definition) is 2. The molecule has 30 heavy (non-hydrogen) atoms. The lowest BCUT2D eigenvalue weighted by Gasteiger charge is -2.38. The van der Waals surface area contributed by atoms with E-state index < -0.39 is 28.1 Å². The van der Waals surface area contributed by atoms with Crippen LogP contribution in [0.3, 0.4) is 0 Å². The van der Waals surface area contributed by atoms with Gasteiger partial charge in [-0.15, -0.1) is 0 Å². The van der Waals surface area contributed by atoms with Crippen LogP contribution in [0.4, 0.5) is 4.79 Å². The SMILES string of the molecule is CCOCCCOC(=O)N1CCN(S(=O)(=O)c2ccc(OC)cc2)C(C(=O)NO)C1. The molecule has 0 aliphatic carbocycles. The second kappa shape index (κ2) is 11.1. The predicted octanol–water partition coefficient (Wildman–Crippen LogP) is 0.439. The Morgan fingerprint density at radius 1 is 1.20 bits per heavy atom. The molecule has 0 spiro atoms. The van der Waals surface area contributed by atoms with Crippen molar-refractivity contribution in [2.75, 3.05) is 46.6 Å². The van der Waals surface area contributed by atoms with Gasteiger partial charge in [-0.1, -0.05) is 0 Å². The highest BCUT2D eigenvalue weighted by Crippen LogP contribution is 2.24. The van der Waals surface area contributed by atoms with Crippen molar-refractivity contribution < 1.29 is 37.4 Å². The van der Waals surface area contributed by atoms with Crippen LogP contribution in [0.5, 0.6) is 5.75 Å². The topological polar surface area (TPSA) is 135 Å². The molecule has 1 heterocycles. The van der Waals surface area contributed by atoms with Gasteiger partial charge in [0.05, 0.1) is 18.6 Å². The Labute approximate surface area is 175 Å². The fourth-order valence-corrected chi connectivity index (χ4v) is 4.52. The normalized spacial score (nSPS) is 17.4. The zero-order chi connectivity index (χ0) is 22.1. The minimum atomic E-state index is -4.06. The number of piperazine rings is 1. The molecule has 0 aromatic heterocycles. The standard InChI is InChI=1S/C18H27N3O8S/c1-3-28-11-4-12-29-18(23)20-9-10-21(16(13-20)17(22)19-24)30(25,26)15-7-5-14(27-2)6-8-15/h5-8,16,24H,3-4,9-13H2,1-2H3,(H,19,22). The first-order chi connectivity index (χ1) is 14.3. The maximum Gasteiger partial charge on any atom is 0.409 e. The maximum atomic E-state index is 13.0. The Morgan fingerprint density at radius 2 is 1.90 bits per heavy atom. The Bertz CT molecular complexity index is 815. The number of hydrogen-bond acceptors (Lipinski definition) is 8. The zero-order valence-corrected chi connectivity index (χ0v) is 17.8. The van der Waals surface area contributed by atoms with Gasteiger partial charge < -0.3 is 19.1 Å². The van der Waals surface area contributed by atoms with Gasteiger partial charge in [0, 0.05) is 39.3 Å². The summed E-state index contributed by atoms with van der Waals surface area (Å²) in [5.41, 5.74) is 1.47. The second-order valence-corrected chi connectivity index (χ2v) is 8.28. The summed E-state index contributed by atoms with van der Waals surface area (Å²) in [5, 5.41) is 9.07. The molecule has 2 amide bonds. The van der Waals surface area contributed by atoms with Crippen LogP contribution in [0.1, 0.15) is 13.3 Å². The van der Waals surface area contributed by atoms with E-state index >= 15 is 0 Å². The van der Waals surface area contributed by atoms with Crippen molar-refractivity contribution in [3.63, 3.8) is 0 Å². The second-order valence-electron chi connectivity index (χ2n) is 6.39. The van der Waals surface area contributed by atoms with Gasteiger partial charge >= 0.3 is 6.09 Å². The number of rotatable bonds is 9. The third-order valence-electron chi connectivity index (χ3n) is 4.53. The van der Waals surface area contributed by atoms with E-state index in [0.717, 1.165) is 4.31 Å². The quantitative estimate of drug-likeness (QED) is 0.318. The monoisotopic (exact) mass is 445 g/mol. The van der Waals surface area contributed by atoms with E-state index in [2.05, 4.69) is 0 Å². The van der Waals surface area contributed by atoms with Crippen LogP contribution in [-0.2, 0) is 24.3 Å². The lowest BCUT2D eigenvalue weighted by atomic mass is 10.2. The summed E-state index contributed by atoms with van der Waals surface area (Å²) in [7, 11) is -2.60. The summed E-state index contributed by atoms with van der Waals surface area (Å²) in [6.45, 7) is 2.66. The summed E-state index contributed by atoms with van der Waals surface area (Å²) in [5.74, 6) is -0.462. The average Bonchev–Trinajstić information content (AvgIpc) is 2.77. The maximum absolute atomic E-state index is 13.0. The van der Waals surface area contributed by atoms with Gasteiger partial charge in [-0.05, 0) is 31.2 Å². The smallest absolute Gasteiger partial charge is 0.409 e. The number of amides is 2. The van der Waals surface area contributed by atoms with E-state index in [1.807, 2.05) is 6.92 Å². The van der Waals surface area contributed by atoms with Crippen LogP contribution in [0.15, 0.2) is 29.2 Å². The lowest BCUT2D eigenvalue weighted by Crippen LogP contribution is -2.61. The molecular weight excluding hydrogens is 418 g/mol. The number of nitrogens with one attached hydrogen (secondary N) is 1. The first-order valence-electron chi connectivity index (χ1n) is 9.44. The molecule has 12 heteroatoms. The largest absolute Gasteiger partial charge is 0.497 e. The van der Waals surface area contributed by atoms with Gasteiger partial charge in [0.1, 0.15) is 11.8 Å². The van der Waals surface area contributed by atoms with Crippen LogP contribution in [0, 0.1) is 0 Å². The van der Waals surface area contributed by atoms with Crippen molar-refractivity contribution >= 4 is 22.0 Å². The lowest BCUT2D eigenvalue weighted by molar-refractivity contribution is -0.134. The fourth-order valence-electron chi connectivity index (χ4n) is 2.95. The molecule has 11 nitrogen and oxygen atoms in total. The van der Waals surface area contributed by atoms with Gasteiger partial charge in [0.15, 0.2) is 0 Å². The number of nitrogens with zero attached hydrogens (tertiary/aromatic N) is 2. The van der Waals surface area contributed by atoms with E-state index in [1.54, 1.807) is 0 Å². The summed E-state index contributed by atoms with van der Waals surface area (Å²) < 4.78 is 42.4. The number of carbonyl (C=O) groups is 2. The third kappa shape index (κ3) is 5.81. The number of carbonyl (C=O) groups excluding carboxylic acids is 2. The van der Waals surface area contributed by atoms with E-state index in [-0.39, 0.29) is 31.1 Å². The van der Waals surface area contributed by atoms with Gasteiger partial charge in [-0.2, -0.15) is 4.31 Å². The average molecular weight is 445 g/mol. The molecule has 1 atom stereocenters. The molecule has 0 radical (unpaired) electrons. The van der Waals surface area contributed by atoms with Gasteiger partial charge in [0.2, 0.25) is 10.0 Å². The third-order valence-corrected chi connectivity index (χ3v) is 6.45. The van der Waals surface area contributed by atoms with Crippen molar-refractivity contribution in [3.8, 4) is 5.75 Å². The molecule has 1 aromatic carbocycles. The van der Waals surface area contributed by atoms with Gasteiger partial charge in [0.25, 0.3) is 5.91 Å². The van der Waals surface area contributed by atoms with E-state index in [0.29, 0.717) is 25.4 Å². The Kier molecular flexibility index (Phi) is 8.84. The van der Waals surface area contributed by atoms with Crippen molar-refractivity contribution in [1.82, 2.24) is 14.7 Å². The van der Waals surface area contributed by atoms with Crippen molar-refractivity contribution in [2.45, 2.75) is 24.3 Å². The minimum Gasteiger partial charge on any atom is -0.497 e. The predicted molar refractivity (Wildman–Crippen MR) is 105 cm³/mol. The van der Waals surface area contributed by atoms with Crippen molar-refractivity contribution in [2.24, 2.45) is 0 Å². The highest BCUT2D eigenvalue weighted by Gasteiger charge is 2.41. The number of methoxy groups -OCH3 is 1. The van der Waals surface area contributed by atoms with Gasteiger partial charge in [-0.25, -0.2) is 18.7 Å². The summed E-state index contributed by atoms with van der Waals surface area (Å²) in [4.78, 5) is 25.6. The van der Waals surface area contributed by atoms with Crippen LogP contribution >= 0.6 is 0 Å². The van der Waals surface area contributed by atoms with Crippen LogP contribution < -0.4 is 10.2 Å². The summed E-state index contributed by atoms with van der Waals surface area (Å²) in [6, 6.07) is 4.39. The first-order valence-corrected chi connectivity index (χ1v) is 10.9. The molecule has 2 N–H and O–H groups in total. The highest BCUT2D eigenvalue weighted by atomic mass is 32.2. The molecule has 1 aliphatic heterocycles. The molecule has 1 unspecified atom stereocenters. The first kappa shape index (κ1) is 23.9. The molecule has 0 saturated carbocycles. The van der Waals surface area contributed by atoms with Gasteiger partial charge in [-0.3, -0.25) is 10.0 Å². The Hall–Kier alpha value is -2.41. The molecule has 1 aromatic rings. The van der Waals surface area contributed by atoms with Crippen LogP contribution in [-0.4, -0.2) is 87.4 Å². The van der Waals surface area contributed by atoms with Crippen molar-refractivity contribution in [1.29, 1.82) is 0 Å². The molecule has 1 aliphatic rings. The molecule has 168 valence electrons. The Morgan fingerprint density at radius 3 is 2.50 bits per heavy atom. The molecule has 1 fully saturated rings. The number of ether oxygens (including phenoxy) is 3. The minimum absolute atomic E-state index is 0.0361. The molecule has 2 rings (SSSR count). The van der Waals surface area contributed by atoms with Crippen LogP contribution in [0.2, 0.25) is 0 Å². The molecular formula is C18H27N3O8S. The fraction of sp³-hybridized carbons (Fsp3) is 0.556. The molecule has 1 saturated heterocycles. The highest BCUT2D eigenvalue weighted by molar-refractivity contribution is 7.89. The number of sulfonamides is 1. The number of benzene rings is 1. The van der Waals surface area contributed by atoms with Crippen LogP contribution in [0.25, 0.3) is 0 Å². The van der Waals surface area contributed by atoms with Crippen molar-refractivity contribution in [3.05, 3.63) is 24.3 Å².